The number of aromatic amines is 1. The molecule has 6 nitrogen and oxygen atoms in total. The minimum Gasteiger partial charge on any atom is -0.338 e. The molecular formula is C14H20N4O2S. The zero-order valence-corrected chi connectivity index (χ0v) is 13.0. The molecule has 0 aliphatic carbocycles. The number of hydrogen-bond donors (Lipinski definition) is 2. The molecule has 1 aromatic heterocycles. The Morgan fingerprint density at radius 3 is 3.00 bits per heavy atom. The predicted octanol–water partition coefficient (Wildman–Crippen LogP) is 0.707. The molecule has 21 heavy (non-hydrogen) atoms. The number of hydrogen-bond acceptors (Lipinski definition) is 5. The molecule has 0 unspecified atom stereocenters. The number of carbonyl (C=O) groups is 1. The van der Waals surface area contributed by atoms with Crippen molar-refractivity contribution < 1.29 is 4.79 Å². The maximum atomic E-state index is 12.6. The van der Waals surface area contributed by atoms with Crippen molar-refractivity contribution in [2.24, 2.45) is 5.41 Å². The molecule has 1 aromatic rings. The summed E-state index contributed by atoms with van der Waals surface area (Å²) in [6.45, 7) is 3.45. The highest BCUT2D eigenvalue weighted by atomic mass is 32.2. The van der Waals surface area contributed by atoms with E-state index in [9.17, 15) is 9.59 Å². The second-order valence-electron chi connectivity index (χ2n) is 5.89. The molecule has 2 saturated heterocycles. The monoisotopic (exact) mass is 308 g/mol. The van der Waals surface area contributed by atoms with Crippen LogP contribution in [0.2, 0.25) is 0 Å². The molecule has 1 amide bonds. The summed E-state index contributed by atoms with van der Waals surface area (Å²) in [4.78, 5) is 33.2. The SMILES string of the molecule is CSc1ncc(C(=O)N2CCC[C@]3(CCNC3)C2)c(=O)[nH]1. The number of carbonyl (C=O) groups excluding carboxylic acids is 1. The number of likely N-dealkylation sites (tertiary alicyclic amines) is 1. The van der Waals surface area contributed by atoms with Crippen molar-refractivity contribution in [3.8, 4) is 0 Å². The molecule has 2 aliphatic heterocycles. The van der Waals surface area contributed by atoms with Gasteiger partial charge in [-0.2, -0.15) is 0 Å². The number of piperidine rings is 1. The van der Waals surface area contributed by atoms with Crippen molar-refractivity contribution in [3.63, 3.8) is 0 Å². The number of H-pyrrole nitrogens is 1. The summed E-state index contributed by atoms with van der Waals surface area (Å²) in [5.41, 5.74) is 0.00663. The van der Waals surface area contributed by atoms with Crippen LogP contribution in [0.3, 0.4) is 0 Å². The van der Waals surface area contributed by atoms with E-state index in [1.54, 1.807) is 0 Å². The molecule has 3 rings (SSSR count). The molecule has 0 saturated carbocycles. The highest BCUT2D eigenvalue weighted by Crippen LogP contribution is 2.35. The zero-order valence-electron chi connectivity index (χ0n) is 12.1. The smallest absolute Gasteiger partial charge is 0.264 e. The van der Waals surface area contributed by atoms with E-state index in [1.807, 2.05) is 11.2 Å². The van der Waals surface area contributed by atoms with E-state index in [0.29, 0.717) is 5.16 Å². The Morgan fingerprint density at radius 2 is 2.33 bits per heavy atom. The first-order chi connectivity index (χ1) is 10.1. The first-order valence-corrected chi connectivity index (χ1v) is 8.49. The third-order valence-electron chi connectivity index (χ3n) is 4.48. The summed E-state index contributed by atoms with van der Waals surface area (Å²) in [6, 6.07) is 0. The van der Waals surface area contributed by atoms with Gasteiger partial charge in [-0.25, -0.2) is 4.98 Å². The molecule has 2 fully saturated rings. The highest BCUT2D eigenvalue weighted by molar-refractivity contribution is 7.98. The molecule has 2 N–H and O–H groups in total. The standard InChI is InChI=1S/C14H20N4O2S/c1-21-13-16-7-10(11(19)17-13)12(20)18-6-2-3-14(9-18)4-5-15-8-14/h7,15H,2-6,8-9H2,1H3,(H,16,17,19)/t14-/m1/s1. The van der Waals surface area contributed by atoms with Crippen LogP contribution in [0.4, 0.5) is 0 Å². The normalized spacial score (nSPS) is 25.5. The van der Waals surface area contributed by atoms with Crippen molar-refractivity contribution in [2.75, 3.05) is 32.4 Å². The Morgan fingerprint density at radius 1 is 1.48 bits per heavy atom. The van der Waals surface area contributed by atoms with Crippen LogP contribution in [-0.2, 0) is 0 Å². The average molecular weight is 308 g/mol. The Labute approximate surface area is 127 Å². The van der Waals surface area contributed by atoms with Crippen LogP contribution in [0.15, 0.2) is 16.1 Å². The molecule has 1 spiro atoms. The number of rotatable bonds is 2. The number of nitrogens with one attached hydrogen (secondary N) is 2. The summed E-state index contributed by atoms with van der Waals surface area (Å²) in [5.74, 6) is -0.192. The van der Waals surface area contributed by atoms with E-state index in [4.69, 9.17) is 0 Å². The third-order valence-corrected chi connectivity index (χ3v) is 5.07. The van der Waals surface area contributed by atoms with E-state index in [0.717, 1.165) is 45.4 Å². The topological polar surface area (TPSA) is 78.1 Å². The fourth-order valence-corrected chi connectivity index (χ4v) is 3.68. The molecule has 0 bridgehead atoms. The lowest BCUT2D eigenvalue weighted by molar-refractivity contribution is 0.0551. The summed E-state index contributed by atoms with van der Waals surface area (Å²) < 4.78 is 0. The fourth-order valence-electron chi connectivity index (χ4n) is 3.33. The van der Waals surface area contributed by atoms with Gasteiger partial charge >= 0.3 is 0 Å². The van der Waals surface area contributed by atoms with Crippen molar-refractivity contribution >= 4 is 17.7 Å². The fraction of sp³-hybridized carbons (Fsp3) is 0.643. The predicted molar refractivity (Wildman–Crippen MR) is 81.7 cm³/mol. The van der Waals surface area contributed by atoms with Gasteiger partial charge in [-0.15, -0.1) is 0 Å². The van der Waals surface area contributed by atoms with E-state index in [-0.39, 0.29) is 22.4 Å². The second kappa shape index (κ2) is 5.81. The number of thioether (sulfide) groups is 1. The molecule has 2 aliphatic rings. The molecule has 3 heterocycles. The maximum Gasteiger partial charge on any atom is 0.264 e. The minimum absolute atomic E-state index is 0.149. The van der Waals surface area contributed by atoms with Gasteiger partial charge in [0.1, 0.15) is 5.56 Å². The molecule has 114 valence electrons. The molecule has 1 atom stereocenters. The van der Waals surface area contributed by atoms with Crippen LogP contribution in [0.5, 0.6) is 0 Å². The Hall–Kier alpha value is -1.34. The second-order valence-corrected chi connectivity index (χ2v) is 6.69. The van der Waals surface area contributed by atoms with Crippen molar-refractivity contribution in [2.45, 2.75) is 24.4 Å². The van der Waals surface area contributed by atoms with Crippen molar-refractivity contribution in [1.29, 1.82) is 0 Å². The van der Waals surface area contributed by atoms with Gasteiger partial charge in [0.05, 0.1) is 0 Å². The van der Waals surface area contributed by atoms with Gasteiger partial charge in [0.2, 0.25) is 0 Å². The van der Waals surface area contributed by atoms with E-state index in [1.165, 1.54) is 18.0 Å². The lowest BCUT2D eigenvalue weighted by atomic mass is 9.79. The molecule has 0 aromatic carbocycles. The maximum absolute atomic E-state index is 12.6. The van der Waals surface area contributed by atoms with E-state index < -0.39 is 0 Å². The van der Waals surface area contributed by atoms with Crippen LogP contribution >= 0.6 is 11.8 Å². The van der Waals surface area contributed by atoms with Crippen molar-refractivity contribution in [1.82, 2.24) is 20.2 Å². The summed E-state index contributed by atoms with van der Waals surface area (Å²) >= 11 is 1.35. The van der Waals surface area contributed by atoms with Gasteiger partial charge in [0, 0.05) is 31.2 Å². The summed E-state index contributed by atoms with van der Waals surface area (Å²) in [5, 5.41) is 3.92. The first kappa shape index (κ1) is 14.6. The van der Waals surface area contributed by atoms with Gasteiger partial charge in [0.15, 0.2) is 5.16 Å². The Kier molecular flexibility index (Phi) is 4.03. The zero-order chi connectivity index (χ0) is 14.9. The van der Waals surface area contributed by atoms with Gasteiger partial charge < -0.3 is 15.2 Å². The number of amides is 1. The largest absolute Gasteiger partial charge is 0.338 e. The molecule has 0 radical (unpaired) electrons. The Balaban J connectivity index is 1.80. The lowest BCUT2D eigenvalue weighted by Crippen LogP contribution is -2.48. The molecule has 7 heteroatoms. The molecular weight excluding hydrogens is 288 g/mol. The van der Waals surface area contributed by atoms with Crippen LogP contribution < -0.4 is 10.9 Å². The van der Waals surface area contributed by atoms with Gasteiger partial charge in [-0.1, -0.05) is 11.8 Å². The number of nitrogens with zero attached hydrogens (tertiary/aromatic N) is 2. The van der Waals surface area contributed by atoms with Crippen LogP contribution in [0, 0.1) is 5.41 Å². The summed E-state index contributed by atoms with van der Waals surface area (Å²) in [7, 11) is 0. The van der Waals surface area contributed by atoms with Gasteiger partial charge in [-0.05, 0) is 32.1 Å². The van der Waals surface area contributed by atoms with Crippen molar-refractivity contribution in [3.05, 3.63) is 22.1 Å². The van der Waals surface area contributed by atoms with Gasteiger partial charge in [0.25, 0.3) is 11.5 Å². The van der Waals surface area contributed by atoms with Crippen LogP contribution in [0.1, 0.15) is 29.6 Å². The lowest BCUT2D eigenvalue weighted by Gasteiger charge is -2.39. The summed E-state index contributed by atoms with van der Waals surface area (Å²) in [6.07, 6.45) is 6.50. The average Bonchev–Trinajstić information content (AvgIpc) is 2.94. The quantitative estimate of drug-likeness (QED) is 0.621. The van der Waals surface area contributed by atoms with E-state index in [2.05, 4.69) is 15.3 Å². The van der Waals surface area contributed by atoms with Crippen LogP contribution in [-0.4, -0.2) is 53.2 Å². The Bertz CT molecular complexity index is 595. The first-order valence-electron chi connectivity index (χ1n) is 7.27. The van der Waals surface area contributed by atoms with Crippen LogP contribution in [0.25, 0.3) is 0 Å². The van der Waals surface area contributed by atoms with Gasteiger partial charge in [-0.3, -0.25) is 9.59 Å². The third kappa shape index (κ3) is 2.85. The highest BCUT2D eigenvalue weighted by Gasteiger charge is 2.39. The number of aromatic nitrogens is 2. The van der Waals surface area contributed by atoms with E-state index >= 15 is 0 Å². The minimum atomic E-state index is -0.344.